The van der Waals surface area contributed by atoms with Crippen LogP contribution in [-0.2, 0) is 11.2 Å². The standard InChI is InChI=1S/C20H22N4O3/c1-3-6-15-8-9-16(17(13-15)26-2)27-14-20(25)21-11-10-19-23-22-18-7-4-5-12-24(18)19/h3-9,12-13H,10-11,14H2,1-2H3,(H,21,25). The lowest BCUT2D eigenvalue weighted by molar-refractivity contribution is -0.123. The molecule has 2 heterocycles. The summed E-state index contributed by atoms with van der Waals surface area (Å²) in [5, 5.41) is 11.1. The number of rotatable bonds is 8. The Kier molecular flexibility index (Phi) is 6.04. The van der Waals surface area contributed by atoms with Crippen molar-refractivity contribution in [2.75, 3.05) is 20.3 Å². The molecule has 2 aromatic heterocycles. The van der Waals surface area contributed by atoms with Crippen LogP contribution in [0.1, 0.15) is 18.3 Å². The van der Waals surface area contributed by atoms with E-state index in [2.05, 4.69) is 15.5 Å². The van der Waals surface area contributed by atoms with Gasteiger partial charge in [0.2, 0.25) is 0 Å². The highest BCUT2D eigenvalue weighted by atomic mass is 16.5. The van der Waals surface area contributed by atoms with Crippen LogP contribution in [0.3, 0.4) is 0 Å². The Balaban J connectivity index is 1.50. The summed E-state index contributed by atoms with van der Waals surface area (Å²) in [5.41, 5.74) is 1.79. The topological polar surface area (TPSA) is 77.8 Å². The zero-order chi connectivity index (χ0) is 19.1. The zero-order valence-electron chi connectivity index (χ0n) is 15.4. The molecule has 0 aliphatic heterocycles. The van der Waals surface area contributed by atoms with E-state index < -0.39 is 0 Å². The first-order chi connectivity index (χ1) is 13.2. The lowest BCUT2D eigenvalue weighted by Crippen LogP contribution is -2.31. The van der Waals surface area contributed by atoms with Crippen LogP contribution in [0.4, 0.5) is 0 Å². The van der Waals surface area contributed by atoms with E-state index in [1.807, 2.05) is 60.0 Å². The third-order valence-corrected chi connectivity index (χ3v) is 3.96. The van der Waals surface area contributed by atoms with Gasteiger partial charge in [0.15, 0.2) is 23.8 Å². The Morgan fingerprint density at radius 2 is 2.11 bits per heavy atom. The van der Waals surface area contributed by atoms with Crippen molar-refractivity contribution < 1.29 is 14.3 Å². The fraction of sp³-hybridized carbons (Fsp3) is 0.250. The number of methoxy groups -OCH3 is 1. The van der Waals surface area contributed by atoms with Crippen LogP contribution in [-0.4, -0.2) is 40.8 Å². The minimum absolute atomic E-state index is 0.0834. The molecule has 0 atom stereocenters. The number of hydrogen-bond acceptors (Lipinski definition) is 5. The summed E-state index contributed by atoms with van der Waals surface area (Å²) in [5.74, 6) is 1.72. The van der Waals surface area contributed by atoms with Crippen molar-refractivity contribution in [1.82, 2.24) is 19.9 Å². The molecule has 0 unspecified atom stereocenters. The van der Waals surface area contributed by atoms with E-state index in [0.29, 0.717) is 24.5 Å². The summed E-state index contributed by atoms with van der Waals surface area (Å²) in [6, 6.07) is 11.3. The van der Waals surface area contributed by atoms with Crippen molar-refractivity contribution in [3.8, 4) is 11.5 Å². The normalized spacial score (nSPS) is 11.0. The van der Waals surface area contributed by atoms with Crippen LogP contribution in [0.25, 0.3) is 11.7 Å². The van der Waals surface area contributed by atoms with Gasteiger partial charge in [0.05, 0.1) is 7.11 Å². The van der Waals surface area contributed by atoms with E-state index in [4.69, 9.17) is 9.47 Å². The number of fused-ring (bicyclic) bond motifs is 1. The van der Waals surface area contributed by atoms with Gasteiger partial charge in [-0.25, -0.2) is 0 Å². The fourth-order valence-corrected chi connectivity index (χ4v) is 2.67. The Labute approximate surface area is 157 Å². The Morgan fingerprint density at radius 1 is 1.22 bits per heavy atom. The van der Waals surface area contributed by atoms with Crippen LogP contribution in [0.2, 0.25) is 0 Å². The third-order valence-electron chi connectivity index (χ3n) is 3.96. The predicted molar refractivity (Wildman–Crippen MR) is 103 cm³/mol. The molecule has 0 saturated heterocycles. The molecule has 0 saturated carbocycles. The molecule has 3 aromatic rings. The number of allylic oxidation sites excluding steroid dienone is 1. The Hall–Kier alpha value is -3.35. The SMILES string of the molecule is CC=Cc1ccc(OCC(=O)NCCc2nnc3ccccn23)c(OC)c1. The first-order valence-corrected chi connectivity index (χ1v) is 8.70. The van der Waals surface area contributed by atoms with E-state index in [0.717, 1.165) is 17.0 Å². The molecule has 7 nitrogen and oxygen atoms in total. The molecule has 1 aromatic carbocycles. The molecule has 0 radical (unpaired) electrons. The molecule has 27 heavy (non-hydrogen) atoms. The maximum atomic E-state index is 12.0. The number of pyridine rings is 1. The van der Waals surface area contributed by atoms with E-state index in [9.17, 15) is 4.79 Å². The van der Waals surface area contributed by atoms with Gasteiger partial charge >= 0.3 is 0 Å². The van der Waals surface area contributed by atoms with Gasteiger partial charge < -0.3 is 14.8 Å². The number of aromatic nitrogens is 3. The third kappa shape index (κ3) is 4.63. The highest BCUT2D eigenvalue weighted by molar-refractivity contribution is 5.77. The number of ether oxygens (including phenoxy) is 2. The van der Waals surface area contributed by atoms with Crippen molar-refractivity contribution in [2.24, 2.45) is 0 Å². The number of nitrogens with zero attached hydrogens (tertiary/aromatic N) is 3. The van der Waals surface area contributed by atoms with Crippen LogP contribution in [0, 0.1) is 0 Å². The van der Waals surface area contributed by atoms with Crippen LogP contribution >= 0.6 is 0 Å². The average Bonchev–Trinajstić information content (AvgIpc) is 3.10. The van der Waals surface area contributed by atoms with Gasteiger partial charge in [0.25, 0.3) is 5.91 Å². The molecular formula is C20H22N4O3. The number of carbonyl (C=O) groups excluding carboxylic acids is 1. The van der Waals surface area contributed by atoms with Gasteiger partial charge in [-0.2, -0.15) is 0 Å². The lowest BCUT2D eigenvalue weighted by Gasteiger charge is -2.11. The second-order valence-electron chi connectivity index (χ2n) is 5.84. The highest BCUT2D eigenvalue weighted by Gasteiger charge is 2.09. The minimum atomic E-state index is -0.205. The number of benzene rings is 1. The first-order valence-electron chi connectivity index (χ1n) is 8.70. The van der Waals surface area contributed by atoms with E-state index in [1.165, 1.54) is 0 Å². The fourth-order valence-electron chi connectivity index (χ4n) is 2.67. The molecule has 1 amide bonds. The lowest BCUT2D eigenvalue weighted by atomic mass is 10.2. The van der Waals surface area contributed by atoms with E-state index in [-0.39, 0.29) is 12.5 Å². The van der Waals surface area contributed by atoms with Gasteiger partial charge in [-0.15, -0.1) is 10.2 Å². The number of carbonyl (C=O) groups is 1. The molecule has 1 N–H and O–H groups in total. The number of amides is 1. The summed E-state index contributed by atoms with van der Waals surface area (Å²) in [6.07, 6.45) is 6.39. The quantitative estimate of drug-likeness (QED) is 0.663. The number of hydrogen-bond donors (Lipinski definition) is 1. The Morgan fingerprint density at radius 3 is 2.93 bits per heavy atom. The van der Waals surface area contributed by atoms with Crippen molar-refractivity contribution >= 4 is 17.6 Å². The molecule has 0 aliphatic carbocycles. The van der Waals surface area contributed by atoms with Gasteiger partial charge in [-0.3, -0.25) is 9.20 Å². The summed E-state index contributed by atoms with van der Waals surface area (Å²) in [4.78, 5) is 12.0. The van der Waals surface area contributed by atoms with Gasteiger partial charge in [-0.1, -0.05) is 24.3 Å². The summed E-state index contributed by atoms with van der Waals surface area (Å²) < 4.78 is 12.8. The molecule has 7 heteroatoms. The van der Waals surface area contributed by atoms with Crippen molar-refractivity contribution in [2.45, 2.75) is 13.3 Å². The maximum Gasteiger partial charge on any atom is 0.257 e. The van der Waals surface area contributed by atoms with Crippen molar-refractivity contribution in [3.05, 3.63) is 60.1 Å². The first kappa shape index (κ1) is 18.4. The van der Waals surface area contributed by atoms with E-state index >= 15 is 0 Å². The summed E-state index contributed by atoms with van der Waals surface area (Å²) in [6.45, 7) is 2.32. The Bertz CT molecular complexity index is 949. The molecule has 0 spiro atoms. The van der Waals surface area contributed by atoms with Gasteiger partial charge in [0, 0.05) is 19.2 Å². The maximum absolute atomic E-state index is 12.0. The van der Waals surface area contributed by atoms with Crippen LogP contribution in [0.15, 0.2) is 48.7 Å². The second-order valence-corrected chi connectivity index (χ2v) is 5.84. The second kappa shape index (κ2) is 8.84. The molecule has 3 rings (SSSR count). The van der Waals surface area contributed by atoms with E-state index in [1.54, 1.807) is 13.2 Å². The monoisotopic (exact) mass is 366 g/mol. The largest absolute Gasteiger partial charge is 0.493 e. The number of nitrogens with one attached hydrogen (secondary N) is 1. The minimum Gasteiger partial charge on any atom is -0.493 e. The van der Waals surface area contributed by atoms with Crippen LogP contribution < -0.4 is 14.8 Å². The predicted octanol–water partition coefficient (Wildman–Crippen LogP) is 2.51. The van der Waals surface area contributed by atoms with Crippen molar-refractivity contribution in [3.63, 3.8) is 0 Å². The molecule has 0 bridgehead atoms. The van der Waals surface area contributed by atoms with Crippen LogP contribution in [0.5, 0.6) is 11.5 Å². The van der Waals surface area contributed by atoms with Gasteiger partial charge in [-0.05, 0) is 36.8 Å². The highest BCUT2D eigenvalue weighted by Crippen LogP contribution is 2.28. The molecule has 0 fully saturated rings. The zero-order valence-corrected chi connectivity index (χ0v) is 15.4. The molecular weight excluding hydrogens is 344 g/mol. The molecule has 140 valence electrons. The van der Waals surface area contributed by atoms with Gasteiger partial charge in [0.1, 0.15) is 5.82 Å². The summed E-state index contributed by atoms with van der Waals surface area (Å²) >= 11 is 0. The average molecular weight is 366 g/mol. The molecule has 0 aliphatic rings. The summed E-state index contributed by atoms with van der Waals surface area (Å²) in [7, 11) is 1.57. The van der Waals surface area contributed by atoms with Crippen molar-refractivity contribution in [1.29, 1.82) is 0 Å². The smallest absolute Gasteiger partial charge is 0.257 e.